The van der Waals surface area contributed by atoms with Crippen LogP contribution in [0.25, 0.3) is 0 Å². The van der Waals surface area contributed by atoms with Crippen molar-refractivity contribution in [2.75, 3.05) is 11.1 Å². The normalized spacial score (nSPS) is 11.2. The van der Waals surface area contributed by atoms with E-state index in [1.165, 1.54) is 0 Å². The van der Waals surface area contributed by atoms with E-state index in [0.29, 0.717) is 12.2 Å². The summed E-state index contributed by atoms with van der Waals surface area (Å²) in [7, 11) is 0. The second-order valence-corrected chi connectivity index (χ2v) is 4.75. The molecule has 0 radical (unpaired) electrons. The first-order valence-electron chi connectivity index (χ1n) is 6.12. The van der Waals surface area contributed by atoms with E-state index in [1.54, 1.807) is 0 Å². The van der Waals surface area contributed by atoms with Crippen molar-refractivity contribution in [2.24, 2.45) is 0 Å². The van der Waals surface area contributed by atoms with E-state index < -0.39 is 0 Å². The number of rotatable bonds is 4. The van der Waals surface area contributed by atoms with Crippen molar-refractivity contribution in [1.82, 2.24) is 9.78 Å². The van der Waals surface area contributed by atoms with Gasteiger partial charge in [0, 0.05) is 6.04 Å². The van der Waals surface area contributed by atoms with Crippen LogP contribution in [0.1, 0.15) is 37.1 Å². The number of hydrogen-bond donors (Lipinski definition) is 2. The van der Waals surface area contributed by atoms with E-state index in [4.69, 9.17) is 10.2 Å². The zero-order chi connectivity index (χ0) is 13.3. The average molecular weight is 248 g/mol. The molecule has 2 heterocycles. The first-order chi connectivity index (χ1) is 8.49. The van der Waals surface area contributed by atoms with Gasteiger partial charge in [0.2, 0.25) is 0 Å². The molecule has 98 valence electrons. The lowest BCUT2D eigenvalue weighted by Gasteiger charge is -2.12. The predicted octanol–water partition coefficient (Wildman–Crippen LogP) is 2.87. The summed E-state index contributed by atoms with van der Waals surface area (Å²) in [6.45, 7) is 8.61. The average Bonchev–Trinajstić information content (AvgIpc) is 2.83. The molecule has 0 amide bonds. The van der Waals surface area contributed by atoms with Crippen molar-refractivity contribution in [3.63, 3.8) is 0 Å². The fraction of sp³-hybridized carbons (Fsp3) is 0.462. The number of anilines is 2. The monoisotopic (exact) mass is 248 g/mol. The molecule has 5 nitrogen and oxygen atoms in total. The highest BCUT2D eigenvalue weighted by atomic mass is 16.3. The van der Waals surface area contributed by atoms with Crippen molar-refractivity contribution in [1.29, 1.82) is 0 Å². The first-order valence-corrected chi connectivity index (χ1v) is 6.12. The van der Waals surface area contributed by atoms with E-state index in [-0.39, 0.29) is 6.04 Å². The SMILES string of the molecule is Cc1ccc(CNc2c(N)c(C)nn2C(C)C)o1. The third kappa shape index (κ3) is 2.34. The number of nitrogens with zero attached hydrogens (tertiary/aromatic N) is 2. The Balaban J connectivity index is 2.18. The summed E-state index contributed by atoms with van der Waals surface area (Å²) in [5.74, 6) is 2.66. The van der Waals surface area contributed by atoms with Crippen molar-refractivity contribution in [3.8, 4) is 0 Å². The molecule has 2 rings (SSSR count). The molecule has 2 aromatic rings. The summed E-state index contributed by atoms with van der Waals surface area (Å²) < 4.78 is 7.42. The molecule has 0 bridgehead atoms. The molecule has 18 heavy (non-hydrogen) atoms. The van der Waals surface area contributed by atoms with E-state index in [2.05, 4.69) is 24.3 Å². The van der Waals surface area contributed by atoms with E-state index >= 15 is 0 Å². The van der Waals surface area contributed by atoms with Crippen LogP contribution in [0, 0.1) is 13.8 Å². The van der Waals surface area contributed by atoms with Crippen molar-refractivity contribution in [3.05, 3.63) is 29.3 Å². The molecule has 0 aliphatic rings. The Morgan fingerprint density at radius 1 is 1.39 bits per heavy atom. The van der Waals surface area contributed by atoms with Gasteiger partial charge in [0.15, 0.2) is 0 Å². The van der Waals surface area contributed by atoms with Gasteiger partial charge in [-0.05, 0) is 39.8 Å². The summed E-state index contributed by atoms with van der Waals surface area (Å²) in [5, 5.41) is 7.72. The third-order valence-corrected chi connectivity index (χ3v) is 2.85. The third-order valence-electron chi connectivity index (χ3n) is 2.85. The van der Waals surface area contributed by atoms with Gasteiger partial charge in [-0.1, -0.05) is 0 Å². The predicted molar refractivity (Wildman–Crippen MR) is 72.5 cm³/mol. The highest BCUT2D eigenvalue weighted by molar-refractivity contribution is 5.64. The zero-order valence-corrected chi connectivity index (χ0v) is 11.3. The number of nitrogen functional groups attached to an aromatic ring is 1. The lowest BCUT2D eigenvalue weighted by molar-refractivity contribution is 0.487. The van der Waals surface area contributed by atoms with Crippen LogP contribution < -0.4 is 11.1 Å². The van der Waals surface area contributed by atoms with Crippen LogP contribution in [0.4, 0.5) is 11.5 Å². The van der Waals surface area contributed by atoms with Gasteiger partial charge in [-0.2, -0.15) is 5.10 Å². The molecular weight excluding hydrogens is 228 g/mol. The summed E-state index contributed by atoms with van der Waals surface area (Å²) >= 11 is 0. The minimum atomic E-state index is 0.266. The Morgan fingerprint density at radius 2 is 2.11 bits per heavy atom. The largest absolute Gasteiger partial charge is 0.465 e. The molecule has 0 aliphatic heterocycles. The fourth-order valence-corrected chi connectivity index (χ4v) is 1.86. The molecule has 0 spiro atoms. The Kier molecular flexibility index (Phi) is 3.32. The Hall–Kier alpha value is -1.91. The van der Waals surface area contributed by atoms with Gasteiger partial charge < -0.3 is 15.5 Å². The number of hydrogen-bond acceptors (Lipinski definition) is 4. The van der Waals surface area contributed by atoms with Gasteiger partial charge in [0.1, 0.15) is 17.3 Å². The number of aryl methyl sites for hydroxylation is 2. The highest BCUT2D eigenvalue weighted by Gasteiger charge is 2.14. The van der Waals surface area contributed by atoms with Gasteiger partial charge >= 0.3 is 0 Å². The number of nitrogens with one attached hydrogen (secondary N) is 1. The van der Waals surface area contributed by atoms with Gasteiger partial charge in [-0.3, -0.25) is 0 Å². The smallest absolute Gasteiger partial charge is 0.148 e. The quantitative estimate of drug-likeness (QED) is 0.873. The van der Waals surface area contributed by atoms with Gasteiger partial charge in [0.25, 0.3) is 0 Å². The summed E-state index contributed by atoms with van der Waals surface area (Å²) in [4.78, 5) is 0. The lowest BCUT2D eigenvalue weighted by Crippen LogP contribution is -2.10. The van der Waals surface area contributed by atoms with Crippen molar-refractivity contribution in [2.45, 2.75) is 40.3 Å². The second-order valence-electron chi connectivity index (χ2n) is 4.75. The van der Waals surface area contributed by atoms with Crippen LogP contribution in [0.5, 0.6) is 0 Å². The summed E-state index contributed by atoms with van der Waals surface area (Å²) in [5.41, 5.74) is 7.58. The Labute approximate surface area is 107 Å². The molecule has 5 heteroatoms. The van der Waals surface area contributed by atoms with E-state index in [9.17, 15) is 0 Å². The minimum Gasteiger partial charge on any atom is -0.465 e. The topological polar surface area (TPSA) is 69.0 Å². The fourth-order valence-electron chi connectivity index (χ4n) is 1.86. The van der Waals surface area contributed by atoms with Gasteiger partial charge in [0.05, 0.1) is 17.9 Å². The minimum absolute atomic E-state index is 0.266. The maximum Gasteiger partial charge on any atom is 0.148 e. The molecule has 0 aromatic carbocycles. The standard InChI is InChI=1S/C13H20N4O/c1-8(2)17-13(12(14)10(4)16-17)15-7-11-6-5-9(3)18-11/h5-6,8,15H,7,14H2,1-4H3. The van der Waals surface area contributed by atoms with Crippen LogP contribution in [-0.2, 0) is 6.54 Å². The van der Waals surface area contributed by atoms with Crippen LogP contribution in [0.3, 0.4) is 0 Å². The number of nitrogens with two attached hydrogens (primary N) is 1. The molecule has 0 atom stereocenters. The molecule has 0 saturated heterocycles. The summed E-state index contributed by atoms with van der Waals surface area (Å²) in [6, 6.07) is 4.18. The van der Waals surface area contributed by atoms with Gasteiger partial charge in [-0.15, -0.1) is 0 Å². The highest BCUT2D eigenvalue weighted by Crippen LogP contribution is 2.26. The van der Waals surface area contributed by atoms with Gasteiger partial charge in [-0.25, -0.2) is 4.68 Å². The number of aromatic nitrogens is 2. The molecule has 0 aliphatic carbocycles. The zero-order valence-electron chi connectivity index (χ0n) is 11.3. The van der Waals surface area contributed by atoms with Crippen LogP contribution in [-0.4, -0.2) is 9.78 Å². The molecule has 2 aromatic heterocycles. The van der Waals surface area contributed by atoms with E-state index in [0.717, 1.165) is 23.0 Å². The van der Waals surface area contributed by atoms with Crippen LogP contribution in [0.15, 0.2) is 16.5 Å². The maximum atomic E-state index is 6.03. The molecule has 3 N–H and O–H groups in total. The lowest BCUT2D eigenvalue weighted by atomic mass is 10.3. The Bertz CT molecular complexity index is 539. The Morgan fingerprint density at radius 3 is 2.67 bits per heavy atom. The second kappa shape index (κ2) is 4.76. The first kappa shape index (κ1) is 12.5. The maximum absolute atomic E-state index is 6.03. The molecule has 0 saturated carbocycles. The molecule has 0 fully saturated rings. The van der Waals surface area contributed by atoms with Crippen molar-refractivity contribution >= 4 is 11.5 Å². The molecular formula is C13H20N4O. The number of furan rings is 1. The van der Waals surface area contributed by atoms with Crippen LogP contribution in [0.2, 0.25) is 0 Å². The summed E-state index contributed by atoms with van der Waals surface area (Å²) in [6.07, 6.45) is 0. The van der Waals surface area contributed by atoms with E-state index in [1.807, 2.05) is 30.7 Å². The molecule has 0 unspecified atom stereocenters. The van der Waals surface area contributed by atoms with Crippen molar-refractivity contribution < 1.29 is 4.42 Å². The van der Waals surface area contributed by atoms with Crippen LogP contribution >= 0.6 is 0 Å².